The van der Waals surface area contributed by atoms with Crippen molar-refractivity contribution in [3.63, 3.8) is 0 Å². The Labute approximate surface area is 200 Å². The number of aromatic nitrogens is 3. The standard InChI is InChI=1S/C24H23ClFN5OS/c1-15-21-22(31(29-15)20-9-3-7-18(25)12-20)28-24(33-21)30-10-4-6-17(14-30)23(32)27-13-16-5-2-8-19(26)11-16/h2-3,5,7-9,11-12,17H,4,6,10,13-14H2,1H3,(H,27,32). The fraction of sp³-hybridized carbons (Fsp3) is 0.292. The second kappa shape index (κ2) is 9.11. The first kappa shape index (κ1) is 21.9. The minimum Gasteiger partial charge on any atom is -0.352 e. The zero-order chi connectivity index (χ0) is 22.9. The van der Waals surface area contributed by atoms with Crippen LogP contribution in [-0.4, -0.2) is 33.8 Å². The summed E-state index contributed by atoms with van der Waals surface area (Å²) in [5, 5.41) is 9.14. The lowest BCUT2D eigenvalue weighted by Gasteiger charge is -2.31. The lowest BCUT2D eigenvalue weighted by atomic mass is 9.97. The van der Waals surface area contributed by atoms with E-state index < -0.39 is 0 Å². The molecule has 170 valence electrons. The average Bonchev–Trinajstić information content (AvgIpc) is 3.38. The number of carbonyl (C=O) groups excluding carboxylic acids is 1. The zero-order valence-electron chi connectivity index (χ0n) is 18.1. The summed E-state index contributed by atoms with van der Waals surface area (Å²) in [6.45, 7) is 3.76. The molecule has 1 aliphatic rings. The van der Waals surface area contributed by atoms with Crippen molar-refractivity contribution in [1.82, 2.24) is 20.1 Å². The van der Waals surface area contributed by atoms with Crippen molar-refractivity contribution in [2.24, 2.45) is 5.92 Å². The van der Waals surface area contributed by atoms with Crippen LogP contribution in [0, 0.1) is 18.7 Å². The second-order valence-electron chi connectivity index (χ2n) is 8.26. The van der Waals surface area contributed by atoms with Crippen molar-refractivity contribution in [2.75, 3.05) is 18.0 Å². The summed E-state index contributed by atoms with van der Waals surface area (Å²) in [5.74, 6) is -0.440. The number of benzene rings is 2. The number of aryl methyl sites for hydroxylation is 1. The molecule has 3 heterocycles. The van der Waals surface area contributed by atoms with E-state index in [0.29, 0.717) is 18.1 Å². The molecule has 1 unspecified atom stereocenters. The summed E-state index contributed by atoms with van der Waals surface area (Å²) in [6.07, 6.45) is 1.74. The minimum atomic E-state index is -0.298. The molecule has 2 aromatic carbocycles. The van der Waals surface area contributed by atoms with Gasteiger partial charge in [0.2, 0.25) is 5.91 Å². The molecule has 0 saturated carbocycles. The summed E-state index contributed by atoms with van der Waals surface area (Å²) in [7, 11) is 0. The van der Waals surface area contributed by atoms with Gasteiger partial charge in [-0.3, -0.25) is 4.79 Å². The number of amides is 1. The molecule has 1 amide bonds. The van der Waals surface area contributed by atoms with Gasteiger partial charge in [0.05, 0.1) is 22.0 Å². The Morgan fingerprint density at radius 1 is 1.27 bits per heavy atom. The summed E-state index contributed by atoms with van der Waals surface area (Å²) in [4.78, 5) is 19.9. The number of nitrogens with zero attached hydrogens (tertiary/aromatic N) is 4. The van der Waals surface area contributed by atoms with Crippen LogP contribution in [0.1, 0.15) is 24.1 Å². The Morgan fingerprint density at radius 3 is 2.94 bits per heavy atom. The summed E-state index contributed by atoms with van der Waals surface area (Å²) >= 11 is 7.78. The number of halogens is 2. The van der Waals surface area contributed by atoms with Gasteiger partial charge in [0.1, 0.15) is 5.82 Å². The molecule has 1 atom stereocenters. The van der Waals surface area contributed by atoms with E-state index in [1.807, 2.05) is 41.9 Å². The van der Waals surface area contributed by atoms with Gasteiger partial charge in [-0.05, 0) is 55.7 Å². The van der Waals surface area contributed by atoms with E-state index in [1.54, 1.807) is 17.4 Å². The van der Waals surface area contributed by atoms with Crippen LogP contribution in [0.5, 0.6) is 0 Å². The fourth-order valence-electron chi connectivity index (χ4n) is 4.19. The molecule has 0 spiro atoms. The van der Waals surface area contributed by atoms with Gasteiger partial charge in [-0.1, -0.05) is 41.1 Å². The topological polar surface area (TPSA) is 63.1 Å². The monoisotopic (exact) mass is 483 g/mol. The number of hydrogen-bond acceptors (Lipinski definition) is 5. The molecule has 1 N–H and O–H groups in total. The molecule has 0 aliphatic carbocycles. The number of thiazole rings is 1. The molecule has 2 aromatic heterocycles. The quantitative estimate of drug-likeness (QED) is 0.428. The summed E-state index contributed by atoms with van der Waals surface area (Å²) < 4.78 is 16.2. The molecule has 1 saturated heterocycles. The molecule has 1 aliphatic heterocycles. The first-order chi connectivity index (χ1) is 16.0. The van der Waals surface area contributed by atoms with Crippen LogP contribution in [0.4, 0.5) is 9.52 Å². The molecule has 0 radical (unpaired) electrons. The van der Waals surface area contributed by atoms with Crippen LogP contribution in [0.25, 0.3) is 16.0 Å². The van der Waals surface area contributed by atoms with Crippen molar-refractivity contribution < 1.29 is 9.18 Å². The Balaban J connectivity index is 1.32. The van der Waals surface area contributed by atoms with Crippen molar-refractivity contribution in [3.05, 3.63) is 70.6 Å². The van der Waals surface area contributed by atoms with Crippen molar-refractivity contribution in [1.29, 1.82) is 0 Å². The van der Waals surface area contributed by atoms with Gasteiger partial charge >= 0.3 is 0 Å². The maximum atomic E-state index is 13.4. The first-order valence-electron chi connectivity index (χ1n) is 10.9. The van der Waals surface area contributed by atoms with E-state index in [9.17, 15) is 9.18 Å². The van der Waals surface area contributed by atoms with E-state index in [0.717, 1.165) is 51.8 Å². The van der Waals surface area contributed by atoms with Crippen LogP contribution in [0.3, 0.4) is 0 Å². The van der Waals surface area contributed by atoms with E-state index in [4.69, 9.17) is 16.6 Å². The zero-order valence-corrected chi connectivity index (χ0v) is 19.7. The normalized spacial score (nSPS) is 16.3. The van der Waals surface area contributed by atoms with E-state index in [2.05, 4.69) is 15.3 Å². The fourth-order valence-corrected chi connectivity index (χ4v) is 5.40. The van der Waals surface area contributed by atoms with Crippen LogP contribution in [0.2, 0.25) is 5.02 Å². The number of rotatable bonds is 5. The highest BCUT2D eigenvalue weighted by Gasteiger charge is 2.28. The van der Waals surface area contributed by atoms with Crippen molar-refractivity contribution >= 4 is 44.3 Å². The lowest BCUT2D eigenvalue weighted by molar-refractivity contribution is -0.125. The third-order valence-corrected chi connectivity index (χ3v) is 7.30. The van der Waals surface area contributed by atoms with E-state index in [1.165, 1.54) is 12.1 Å². The highest BCUT2D eigenvalue weighted by molar-refractivity contribution is 7.22. The molecule has 6 nitrogen and oxygen atoms in total. The number of nitrogens with one attached hydrogen (secondary N) is 1. The second-order valence-corrected chi connectivity index (χ2v) is 9.67. The smallest absolute Gasteiger partial charge is 0.225 e. The van der Waals surface area contributed by atoms with Crippen LogP contribution in [0.15, 0.2) is 48.5 Å². The maximum Gasteiger partial charge on any atom is 0.225 e. The predicted molar refractivity (Wildman–Crippen MR) is 130 cm³/mol. The molecular formula is C24H23ClFN5OS. The third kappa shape index (κ3) is 4.58. The molecular weight excluding hydrogens is 461 g/mol. The van der Waals surface area contributed by atoms with Gasteiger partial charge < -0.3 is 10.2 Å². The minimum absolute atomic E-state index is 0.00800. The van der Waals surface area contributed by atoms with Gasteiger partial charge in [-0.15, -0.1) is 0 Å². The average molecular weight is 484 g/mol. The van der Waals surface area contributed by atoms with Gasteiger partial charge in [0.25, 0.3) is 0 Å². The lowest BCUT2D eigenvalue weighted by Crippen LogP contribution is -2.43. The molecule has 5 rings (SSSR count). The number of fused-ring (bicyclic) bond motifs is 1. The summed E-state index contributed by atoms with van der Waals surface area (Å²) in [6, 6.07) is 13.9. The highest BCUT2D eigenvalue weighted by atomic mass is 35.5. The Morgan fingerprint density at radius 2 is 2.12 bits per heavy atom. The maximum absolute atomic E-state index is 13.4. The summed E-state index contributed by atoms with van der Waals surface area (Å²) in [5.41, 5.74) is 3.33. The number of piperidine rings is 1. The Kier molecular flexibility index (Phi) is 6.03. The largest absolute Gasteiger partial charge is 0.352 e. The first-order valence-corrected chi connectivity index (χ1v) is 12.1. The van der Waals surface area contributed by atoms with E-state index >= 15 is 0 Å². The number of anilines is 1. The van der Waals surface area contributed by atoms with Gasteiger partial charge in [-0.2, -0.15) is 10.1 Å². The van der Waals surface area contributed by atoms with Crippen LogP contribution < -0.4 is 10.2 Å². The third-order valence-electron chi connectivity index (χ3n) is 5.85. The molecule has 0 bridgehead atoms. The van der Waals surface area contributed by atoms with E-state index in [-0.39, 0.29) is 17.6 Å². The van der Waals surface area contributed by atoms with Crippen LogP contribution in [-0.2, 0) is 11.3 Å². The van der Waals surface area contributed by atoms with Gasteiger partial charge in [-0.25, -0.2) is 9.07 Å². The molecule has 4 aromatic rings. The van der Waals surface area contributed by atoms with Crippen LogP contribution >= 0.6 is 22.9 Å². The number of hydrogen-bond donors (Lipinski definition) is 1. The highest BCUT2D eigenvalue weighted by Crippen LogP contribution is 2.34. The van der Waals surface area contributed by atoms with Gasteiger partial charge in [0.15, 0.2) is 10.8 Å². The molecule has 1 fully saturated rings. The molecule has 33 heavy (non-hydrogen) atoms. The predicted octanol–water partition coefficient (Wildman–Crippen LogP) is 5.12. The van der Waals surface area contributed by atoms with Gasteiger partial charge in [0, 0.05) is 24.7 Å². The SMILES string of the molecule is Cc1nn(-c2cccc(Cl)c2)c2nc(N3CCCC(C(=O)NCc4cccc(F)c4)C3)sc12. The number of carbonyl (C=O) groups is 1. The Bertz CT molecular complexity index is 1320. The van der Waals surface area contributed by atoms with Crippen molar-refractivity contribution in [3.8, 4) is 5.69 Å². The van der Waals surface area contributed by atoms with Crippen molar-refractivity contribution in [2.45, 2.75) is 26.3 Å². The molecule has 9 heteroatoms. The Hall–Kier alpha value is -2.97.